The van der Waals surface area contributed by atoms with Crippen molar-refractivity contribution < 1.29 is 4.79 Å². The Hall–Kier alpha value is -2.63. The number of thioether (sulfide) groups is 1. The van der Waals surface area contributed by atoms with E-state index in [0.29, 0.717) is 5.56 Å². The van der Waals surface area contributed by atoms with Gasteiger partial charge in [-0.05, 0) is 30.5 Å². The summed E-state index contributed by atoms with van der Waals surface area (Å²) in [6, 6.07) is 21.7. The molecule has 0 spiro atoms. The summed E-state index contributed by atoms with van der Waals surface area (Å²) in [6.07, 6.45) is 0. The SMILES string of the molecule is Cc1nc(CSc2ccccc2C(=O)Nc2cccc3ccccc23)cs1. The minimum absolute atomic E-state index is 0.0936. The maximum atomic E-state index is 13.0. The third kappa shape index (κ3) is 4.04. The van der Waals surface area contributed by atoms with E-state index >= 15 is 0 Å². The van der Waals surface area contributed by atoms with Gasteiger partial charge in [0.2, 0.25) is 0 Å². The van der Waals surface area contributed by atoms with Gasteiger partial charge in [-0.3, -0.25) is 4.79 Å². The van der Waals surface area contributed by atoms with E-state index < -0.39 is 0 Å². The fourth-order valence-corrected chi connectivity index (χ4v) is 4.59. The summed E-state index contributed by atoms with van der Waals surface area (Å²) in [5.41, 5.74) is 2.56. The van der Waals surface area contributed by atoms with Crippen LogP contribution in [0.1, 0.15) is 21.1 Å². The highest BCUT2D eigenvalue weighted by Crippen LogP contribution is 2.29. The van der Waals surface area contributed by atoms with Gasteiger partial charge in [-0.2, -0.15) is 0 Å². The largest absolute Gasteiger partial charge is 0.321 e. The molecule has 0 atom stereocenters. The standard InChI is InChI=1S/C22H18N2OS2/c1-15-23-17(13-26-15)14-27-21-12-5-4-10-19(21)22(25)24-20-11-6-8-16-7-2-3-9-18(16)20/h2-13H,14H2,1H3,(H,24,25). The molecule has 5 heteroatoms. The molecule has 0 saturated heterocycles. The zero-order valence-corrected chi connectivity index (χ0v) is 16.4. The minimum Gasteiger partial charge on any atom is -0.321 e. The van der Waals surface area contributed by atoms with Crippen molar-refractivity contribution in [3.05, 3.63) is 88.4 Å². The lowest BCUT2D eigenvalue weighted by atomic mass is 10.1. The zero-order chi connectivity index (χ0) is 18.6. The Morgan fingerprint density at radius 2 is 1.81 bits per heavy atom. The molecule has 1 aromatic heterocycles. The van der Waals surface area contributed by atoms with E-state index in [1.807, 2.05) is 73.7 Å². The first-order valence-electron chi connectivity index (χ1n) is 8.62. The van der Waals surface area contributed by atoms with Crippen LogP contribution >= 0.6 is 23.1 Å². The Morgan fingerprint density at radius 3 is 2.67 bits per heavy atom. The summed E-state index contributed by atoms with van der Waals surface area (Å²) >= 11 is 3.29. The number of amides is 1. The Labute approximate surface area is 166 Å². The van der Waals surface area contributed by atoms with E-state index in [-0.39, 0.29) is 5.91 Å². The zero-order valence-electron chi connectivity index (χ0n) is 14.8. The number of benzene rings is 3. The number of hydrogen-bond donors (Lipinski definition) is 1. The number of nitrogens with zero attached hydrogens (tertiary/aromatic N) is 1. The number of thiazole rings is 1. The predicted octanol–water partition coefficient (Wildman–Crippen LogP) is 6.15. The van der Waals surface area contributed by atoms with Crippen LogP contribution in [0, 0.1) is 6.92 Å². The van der Waals surface area contributed by atoms with Crippen molar-refractivity contribution in [1.29, 1.82) is 0 Å². The van der Waals surface area contributed by atoms with E-state index in [2.05, 4.69) is 15.7 Å². The fraction of sp³-hybridized carbons (Fsp3) is 0.0909. The van der Waals surface area contributed by atoms with Crippen molar-refractivity contribution in [1.82, 2.24) is 4.98 Å². The van der Waals surface area contributed by atoms with Gasteiger partial charge in [0, 0.05) is 27.1 Å². The van der Waals surface area contributed by atoms with Crippen LogP contribution in [-0.2, 0) is 5.75 Å². The lowest BCUT2D eigenvalue weighted by molar-refractivity contribution is 0.102. The van der Waals surface area contributed by atoms with Gasteiger partial charge in [-0.25, -0.2) is 4.98 Å². The van der Waals surface area contributed by atoms with E-state index in [1.54, 1.807) is 23.1 Å². The quantitative estimate of drug-likeness (QED) is 0.416. The topological polar surface area (TPSA) is 42.0 Å². The Bertz CT molecular complexity index is 1100. The minimum atomic E-state index is -0.0936. The molecule has 3 aromatic carbocycles. The van der Waals surface area contributed by atoms with Gasteiger partial charge in [0.05, 0.1) is 16.3 Å². The highest BCUT2D eigenvalue weighted by molar-refractivity contribution is 7.98. The molecule has 3 nitrogen and oxygen atoms in total. The first kappa shape index (κ1) is 17.8. The second kappa shape index (κ2) is 7.94. The van der Waals surface area contributed by atoms with Crippen LogP contribution in [0.15, 0.2) is 77.0 Å². The molecule has 0 bridgehead atoms. The van der Waals surface area contributed by atoms with Crippen molar-refractivity contribution in [2.45, 2.75) is 17.6 Å². The molecule has 0 fully saturated rings. The normalized spacial score (nSPS) is 10.9. The molecule has 1 heterocycles. The molecule has 0 radical (unpaired) electrons. The molecule has 1 N–H and O–H groups in total. The number of anilines is 1. The number of nitrogens with one attached hydrogen (secondary N) is 1. The molecule has 0 aliphatic rings. The van der Waals surface area contributed by atoms with Crippen molar-refractivity contribution in [3.63, 3.8) is 0 Å². The fourth-order valence-electron chi connectivity index (χ4n) is 2.93. The van der Waals surface area contributed by atoms with E-state index in [4.69, 9.17) is 0 Å². The second-order valence-corrected chi connectivity index (χ2v) is 8.20. The maximum absolute atomic E-state index is 13.0. The molecule has 0 unspecified atom stereocenters. The summed E-state index contributed by atoms with van der Waals surface area (Å²) in [6.45, 7) is 2.00. The molecule has 0 saturated carbocycles. The van der Waals surface area contributed by atoms with Gasteiger partial charge >= 0.3 is 0 Å². The van der Waals surface area contributed by atoms with Crippen LogP contribution in [-0.4, -0.2) is 10.9 Å². The van der Waals surface area contributed by atoms with E-state index in [1.165, 1.54) is 0 Å². The molecule has 4 rings (SSSR count). The number of carbonyl (C=O) groups excluding carboxylic acids is 1. The molecule has 4 aromatic rings. The van der Waals surface area contributed by atoms with Gasteiger partial charge < -0.3 is 5.32 Å². The first-order valence-corrected chi connectivity index (χ1v) is 10.5. The molecular formula is C22H18N2OS2. The number of hydrogen-bond acceptors (Lipinski definition) is 4. The monoisotopic (exact) mass is 390 g/mol. The van der Waals surface area contributed by atoms with Crippen molar-refractivity contribution in [2.75, 3.05) is 5.32 Å². The van der Waals surface area contributed by atoms with Crippen LogP contribution in [0.3, 0.4) is 0 Å². The van der Waals surface area contributed by atoms with E-state index in [0.717, 1.165) is 37.8 Å². The Kier molecular flexibility index (Phi) is 5.23. The van der Waals surface area contributed by atoms with Crippen LogP contribution in [0.4, 0.5) is 5.69 Å². The number of rotatable bonds is 5. The van der Waals surface area contributed by atoms with Gasteiger partial charge in [0.1, 0.15) is 0 Å². The average molecular weight is 391 g/mol. The smallest absolute Gasteiger partial charge is 0.256 e. The number of aryl methyl sites for hydroxylation is 1. The summed E-state index contributed by atoms with van der Waals surface area (Å²) in [5.74, 6) is 0.659. The van der Waals surface area contributed by atoms with Crippen LogP contribution in [0.2, 0.25) is 0 Å². The number of fused-ring (bicyclic) bond motifs is 1. The summed E-state index contributed by atoms with van der Waals surface area (Å²) in [7, 11) is 0. The second-order valence-electron chi connectivity index (χ2n) is 6.12. The third-order valence-corrected chi connectivity index (χ3v) is 6.14. The maximum Gasteiger partial charge on any atom is 0.256 e. The van der Waals surface area contributed by atoms with Gasteiger partial charge in [-0.1, -0.05) is 48.5 Å². The van der Waals surface area contributed by atoms with Crippen molar-refractivity contribution in [3.8, 4) is 0 Å². The van der Waals surface area contributed by atoms with Gasteiger partial charge in [0.25, 0.3) is 5.91 Å². The summed E-state index contributed by atoms with van der Waals surface area (Å²) < 4.78 is 0. The number of carbonyl (C=O) groups is 1. The molecular weight excluding hydrogens is 372 g/mol. The molecule has 1 amide bonds. The predicted molar refractivity (Wildman–Crippen MR) is 115 cm³/mol. The molecule has 0 aliphatic heterocycles. The van der Waals surface area contributed by atoms with Crippen molar-refractivity contribution in [2.24, 2.45) is 0 Å². The van der Waals surface area contributed by atoms with Crippen LogP contribution in [0.5, 0.6) is 0 Å². The lowest BCUT2D eigenvalue weighted by Gasteiger charge is -2.11. The Morgan fingerprint density at radius 1 is 1.04 bits per heavy atom. The third-order valence-electron chi connectivity index (χ3n) is 4.21. The Balaban J connectivity index is 1.56. The van der Waals surface area contributed by atoms with Crippen molar-refractivity contribution >= 4 is 45.5 Å². The lowest BCUT2D eigenvalue weighted by Crippen LogP contribution is -2.13. The number of aromatic nitrogens is 1. The molecule has 0 aliphatic carbocycles. The highest BCUT2D eigenvalue weighted by Gasteiger charge is 2.13. The van der Waals surface area contributed by atoms with Gasteiger partial charge in [0.15, 0.2) is 0 Å². The average Bonchev–Trinajstić information content (AvgIpc) is 3.12. The van der Waals surface area contributed by atoms with Crippen LogP contribution < -0.4 is 5.32 Å². The summed E-state index contributed by atoms with van der Waals surface area (Å²) in [5, 5.41) is 8.36. The van der Waals surface area contributed by atoms with E-state index in [9.17, 15) is 4.79 Å². The molecule has 27 heavy (non-hydrogen) atoms. The first-order chi connectivity index (χ1) is 13.2. The summed E-state index contributed by atoms with van der Waals surface area (Å²) in [4.78, 5) is 18.4. The highest BCUT2D eigenvalue weighted by atomic mass is 32.2. The van der Waals surface area contributed by atoms with Crippen LogP contribution in [0.25, 0.3) is 10.8 Å². The van der Waals surface area contributed by atoms with Gasteiger partial charge in [-0.15, -0.1) is 23.1 Å². The molecule has 134 valence electrons.